The second-order valence-corrected chi connectivity index (χ2v) is 10.1. The zero-order chi connectivity index (χ0) is 23.2. The molecule has 178 valence electrons. The van der Waals surface area contributed by atoms with Crippen molar-refractivity contribution in [2.45, 2.75) is 90.0 Å². The maximum absolute atomic E-state index is 12.2. The van der Waals surface area contributed by atoms with Gasteiger partial charge in [0.1, 0.15) is 12.4 Å². The molecule has 1 saturated heterocycles. The van der Waals surface area contributed by atoms with E-state index in [0.717, 1.165) is 43.6 Å². The summed E-state index contributed by atoms with van der Waals surface area (Å²) in [5, 5.41) is 10.0. The molecule has 1 N–H and O–H groups in total. The third kappa shape index (κ3) is 5.97. The van der Waals surface area contributed by atoms with E-state index < -0.39 is 12.0 Å². The molecule has 1 fully saturated rings. The molecular formula is C27H38N4O2. The number of aryl methyl sites for hydroxylation is 3. The number of unbranched alkanes of at least 4 members (excludes halogenated alkanes) is 2. The van der Waals surface area contributed by atoms with E-state index in [4.69, 9.17) is 4.98 Å². The van der Waals surface area contributed by atoms with Crippen LogP contribution < -0.4 is 0 Å². The molecule has 0 amide bonds. The number of hydrogen-bond acceptors (Lipinski definition) is 5. The van der Waals surface area contributed by atoms with Gasteiger partial charge >= 0.3 is 5.97 Å². The molecule has 33 heavy (non-hydrogen) atoms. The second-order valence-electron chi connectivity index (χ2n) is 10.1. The molecule has 2 aromatic heterocycles. The van der Waals surface area contributed by atoms with Gasteiger partial charge in [-0.25, -0.2) is 9.97 Å². The summed E-state index contributed by atoms with van der Waals surface area (Å²) < 4.78 is 0. The smallest absolute Gasteiger partial charge is 0.325 e. The summed E-state index contributed by atoms with van der Waals surface area (Å²) in [5.74, 6) is -0.0568. The molecular weight excluding hydrogens is 412 g/mol. The monoisotopic (exact) mass is 450 g/mol. The molecule has 6 nitrogen and oxygen atoms in total. The van der Waals surface area contributed by atoms with Crippen molar-refractivity contribution in [3.63, 3.8) is 0 Å². The highest BCUT2D eigenvalue weighted by atomic mass is 16.4. The molecule has 2 aromatic rings. The van der Waals surface area contributed by atoms with Gasteiger partial charge < -0.3 is 5.11 Å². The van der Waals surface area contributed by atoms with Crippen LogP contribution in [0.4, 0.5) is 0 Å². The average Bonchev–Trinajstić information content (AvgIpc) is 3.27. The zero-order valence-electron chi connectivity index (χ0n) is 20.2. The Labute approximate surface area is 197 Å². The lowest BCUT2D eigenvalue weighted by molar-refractivity contribution is -0.143. The molecule has 0 radical (unpaired) electrons. The van der Waals surface area contributed by atoms with E-state index in [1.165, 1.54) is 68.2 Å². The van der Waals surface area contributed by atoms with Gasteiger partial charge in [0, 0.05) is 29.7 Å². The highest BCUT2D eigenvalue weighted by Crippen LogP contribution is 2.33. The number of hydrogen-bond donors (Lipinski definition) is 1. The Morgan fingerprint density at radius 1 is 1.18 bits per heavy atom. The molecule has 1 aliphatic heterocycles. The van der Waals surface area contributed by atoms with Gasteiger partial charge in [-0.3, -0.25) is 14.7 Å². The molecule has 1 aliphatic carbocycles. The molecule has 1 unspecified atom stereocenters. The number of nitrogens with zero attached hydrogens (tertiary/aromatic N) is 4. The van der Waals surface area contributed by atoms with Gasteiger partial charge in [0.25, 0.3) is 0 Å². The predicted octanol–water partition coefficient (Wildman–Crippen LogP) is 5.12. The van der Waals surface area contributed by atoms with Gasteiger partial charge in [0.05, 0.1) is 5.69 Å². The first kappa shape index (κ1) is 23.8. The molecule has 6 heteroatoms. The van der Waals surface area contributed by atoms with Crippen LogP contribution >= 0.6 is 0 Å². The van der Waals surface area contributed by atoms with Crippen molar-refractivity contribution in [3.8, 4) is 0 Å². The molecule has 3 heterocycles. The first-order valence-electron chi connectivity index (χ1n) is 12.8. The fraction of sp³-hybridized carbons (Fsp3) is 0.630. The van der Waals surface area contributed by atoms with Crippen LogP contribution in [0.5, 0.6) is 0 Å². The Bertz CT molecular complexity index is 945. The van der Waals surface area contributed by atoms with Crippen LogP contribution in [0.15, 0.2) is 24.7 Å². The van der Waals surface area contributed by atoms with Gasteiger partial charge in [0.2, 0.25) is 0 Å². The average molecular weight is 451 g/mol. The van der Waals surface area contributed by atoms with Crippen molar-refractivity contribution in [2.24, 2.45) is 5.92 Å². The number of rotatable bonds is 10. The lowest BCUT2D eigenvalue weighted by Gasteiger charge is -2.26. The van der Waals surface area contributed by atoms with Crippen LogP contribution in [0.25, 0.3) is 0 Å². The minimum Gasteiger partial charge on any atom is -0.480 e. The van der Waals surface area contributed by atoms with Crippen LogP contribution in [0, 0.1) is 5.92 Å². The molecule has 0 saturated carbocycles. The van der Waals surface area contributed by atoms with E-state index in [-0.39, 0.29) is 5.92 Å². The number of fused-ring (bicyclic) bond motifs is 1. The third-order valence-corrected chi connectivity index (χ3v) is 7.31. The van der Waals surface area contributed by atoms with Gasteiger partial charge in [-0.1, -0.05) is 32.8 Å². The molecule has 2 atom stereocenters. The second kappa shape index (κ2) is 11.2. The van der Waals surface area contributed by atoms with Crippen molar-refractivity contribution >= 4 is 5.97 Å². The molecule has 0 spiro atoms. The number of pyridine rings is 1. The standard InChI is InChI=1S/C27H38N4O2/c1-19(2)25-23(16-28-18-29-25)26(27(32)33)31-15-14-20(17-31)8-4-3-5-10-22-13-12-21-9-6-7-11-24(21)30-22/h12-13,16,18-20,26H,3-11,14-15,17H2,1-2H3,(H,32,33)/t20-,26?/m1/s1. The first-order chi connectivity index (χ1) is 16.0. The summed E-state index contributed by atoms with van der Waals surface area (Å²) in [6.45, 7) is 5.78. The van der Waals surface area contributed by atoms with Crippen molar-refractivity contribution < 1.29 is 9.90 Å². The van der Waals surface area contributed by atoms with E-state index in [1.54, 1.807) is 6.20 Å². The van der Waals surface area contributed by atoms with E-state index in [0.29, 0.717) is 5.92 Å². The maximum atomic E-state index is 12.2. The summed E-state index contributed by atoms with van der Waals surface area (Å²) in [6.07, 6.45) is 15.0. The van der Waals surface area contributed by atoms with Gasteiger partial charge in [-0.05, 0) is 81.4 Å². The number of carboxylic acid groups (broad SMARTS) is 1. The van der Waals surface area contributed by atoms with E-state index in [9.17, 15) is 9.90 Å². The highest BCUT2D eigenvalue weighted by molar-refractivity contribution is 5.76. The first-order valence-corrected chi connectivity index (χ1v) is 12.8. The predicted molar refractivity (Wildman–Crippen MR) is 129 cm³/mol. The quantitative estimate of drug-likeness (QED) is 0.506. The van der Waals surface area contributed by atoms with Gasteiger partial charge in [-0.2, -0.15) is 0 Å². The van der Waals surface area contributed by atoms with Crippen LogP contribution in [0.1, 0.15) is 99.0 Å². The minimum absolute atomic E-state index is 0.174. The topological polar surface area (TPSA) is 79.2 Å². The normalized spacial score (nSPS) is 19.5. The van der Waals surface area contributed by atoms with E-state index in [1.807, 2.05) is 0 Å². The van der Waals surface area contributed by atoms with Gasteiger partial charge in [0.15, 0.2) is 0 Å². The van der Waals surface area contributed by atoms with Crippen molar-refractivity contribution in [2.75, 3.05) is 13.1 Å². The molecule has 0 bridgehead atoms. The Morgan fingerprint density at radius 3 is 2.85 bits per heavy atom. The van der Waals surface area contributed by atoms with Crippen LogP contribution in [-0.2, 0) is 24.1 Å². The van der Waals surface area contributed by atoms with Crippen LogP contribution in [0.2, 0.25) is 0 Å². The summed E-state index contributed by atoms with van der Waals surface area (Å²) >= 11 is 0. The molecule has 4 rings (SSSR count). The summed E-state index contributed by atoms with van der Waals surface area (Å²) in [4.78, 5) is 27.7. The number of aromatic nitrogens is 3. The zero-order valence-corrected chi connectivity index (χ0v) is 20.2. The van der Waals surface area contributed by atoms with Crippen LogP contribution in [-0.4, -0.2) is 44.0 Å². The largest absolute Gasteiger partial charge is 0.480 e. The third-order valence-electron chi connectivity index (χ3n) is 7.31. The fourth-order valence-corrected chi connectivity index (χ4v) is 5.54. The van der Waals surface area contributed by atoms with Crippen molar-refractivity contribution in [1.82, 2.24) is 19.9 Å². The van der Waals surface area contributed by atoms with Crippen LogP contribution in [0.3, 0.4) is 0 Å². The number of aliphatic carboxylic acids is 1. The van der Waals surface area contributed by atoms with Crippen molar-refractivity contribution in [3.05, 3.63) is 52.9 Å². The number of likely N-dealkylation sites (tertiary alicyclic amines) is 1. The summed E-state index contributed by atoms with van der Waals surface area (Å²) in [5.41, 5.74) is 5.63. The SMILES string of the molecule is CC(C)c1ncncc1C(C(=O)O)N1CC[C@@H](CCCCCc2ccc3c(n2)CCCC3)C1. The Balaban J connectivity index is 1.24. The number of carbonyl (C=O) groups is 1. The van der Waals surface area contributed by atoms with Gasteiger partial charge in [-0.15, -0.1) is 0 Å². The minimum atomic E-state index is -0.801. The Kier molecular flexibility index (Phi) is 8.07. The number of carboxylic acids is 1. The Morgan fingerprint density at radius 2 is 2.03 bits per heavy atom. The van der Waals surface area contributed by atoms with E-state index in [2.05, 4.69) is 40.8 Å². The van der Waals surface area contributed by atoms with Crippen molar-refractivity contribution in [1.29, 1.82) is 0 Å². The maximum Gasteiger partial charge on any atom is 0.325 e. The molecule has 0 aromatic carbocycles. The lowest BCUT2D eigenvalue weighted by Crippen LogP contribution is -2.33. The fourth-order valence-electron chi connectivity index (χ4n) is 5.54. The lowest BCUT2D eigenvalue weighted by atomic mass is 9.95. The van der Waals surface area contributed by atoms with E-state index >= 15 is 0 Å². The highest BCUT2D eigenvalue weighted by Gasteiger charge is 2.35. The summed E-state index contributed by atoms with van der Waals surface area (Å²) in [6, 6.07) is 3.87. The summed E-state index contributed by atoms with van der Waals surface area (Å²) in [7, 11) is 0. The molecule has 2 aliphatic rings. The Hall–Kier alpha value is -2.34.